The van der Waals surface area contributed by atoms with E-state index in [2.05, 4.69) is 32.7 Å². The molecule has 0 amide bonds. The van der Waals surface area contributed by atoms with E-state index in [0.29, 0.717) is 30.6 Å². The van der Waals surface area contributed by atoms with Crippen molar-refractivity contribution in [3.63, 3.8) is 0 Å². The largest absolute Gasteiger partial charge is 0.398 e. The van der Waals surface area contributed by atoms with Crippen LogP contribution in [-0.2, 0) is 11.3 Å². The van der Waals surface area contributed by atoms with Crippen LogP contribution in [0.15, 0.2) is 22.7 Å². The summed E-state index contributed by atoms with van der Waals surface area (Å²) < 4.78 is 11.6. The number of anilines is 1. The Bertz CT molecular complexity index is 528. The van der Waals surface area contributed by atoms with E-state index in [1.807, 2.05) is 25.1 Å². The number of ether oxygens (including phenoxy) is 1. The number of halogens is 1. The number of nitrogens with two attached hydrogens (primary N) is 1. The van der Waals surface area contributed by atoms with Crippen LogP contribution in [-0.4, -0.2) is 16.7 Å². The van der Waals surface area contributed by atoms with Crippen molar-refractivity contribution < 1.29 is 9.26 Å². The Morgan fingerprint density at radius 2 is 2.28 bits per heavy atom. The molecule has 0 unspecified atom stereocenters. The first-order chi connectivity index (χ1) is 8.70. The van der Waals surface area contributed by atoms with E-state index < -0.39 is 0 Å². The van der Waals surface area contributed by atoms with Crippen LogP contribution in [0.25, 0.3) is 11.5 Å². The average Bonchev–Trinajstić information content (AvgIpc) is 2.81. The Balaban J connectivity index is 2.16. The lowest BCUT2D eigenvalue weighted by molar-refractivity contribution is 0.114. The number of hydrogen-bond acceptors (Lipinski definition) is 5. The molecule has 5 nitrogen and oxygen atoms in total. The summed E-state index contributed by atoms with van der Waals surface area (Å²) in [5.41, 5.74) is 7.28. The molecule has 0 aliphatic heterocycles. The summed E-state index contributed by atoms with van der Waals surface area (Å²) in [6.07, 6.45) is 0.967. The van der Waals surface area contributed by atoms with Crippen LogP contribution < -0.4 is 5.73 Å². The molecule has 0 saturated heterocycles. The van der Waals surface area contributed by atoms with E-state index in [0.717, 1.165) is 15.6 Å². The molecule has 2 rings (SSSR count). The number of rotatable bonds is 5. The predicted molar refractivity (Wildman–Crippen MR) is 76.8 cm³/mol. The van der Waals surface area contributed by atoms with Crippen molar-refractivity contribution in [2.24, 2.45) is 0 Å². The molecular formula is C12H14IN3O2. The Morgan fingerprint density at radius 3 is 3.06 bits per heavy atom. The number of nitrogen functional groups attached to an aromatic ring is 1. The van der Waals surface area contributed by atoms with Crippen LogP contribution in [0.4, 0.5) is 5.69 Å². The SMILES string of the molecule is CCCOCc1noc(-c2cc(I)ccc2N)n1. The molecule has 1 aromatic carbocycles. The lowest BCUT2D eigenvalue weighted by Gasteiger charge is -2.00. The zero-order chi connectivity index (χ0) is 13.0. The van der Waals surface area contributed by atoms with E-state index in [1.54, 1.807) is 0 Å². The van der Waals surface area contributed by atoms with E-state index in [1.165, 1.54) is 0 Å². The van der Waals surface area contributed by atoms with Crippen molar-refractivity contribution >= 4 is 28.3 Å². The Kier molecular flexibility index (Phi) is 4.54. The maximum atomic E-state index is 5.89. The van der Waals surface area contributed by atoms with Gasteiger partial charge in [0.25, 0.3) is 5.89 Å². The van der Waals surface area contributed by atoms with Gasteiger partial charge in [-0.1, -0.05) is 12.1 Å². The average molecular weight is 359 g/mol. The second-order valence-electron chi connectivity index (χ2n) is 3.80. The van der Waals surface area contributed by atoms with Gasteiger partial charge in [0.1, 0.15) is 6.61 Å². The summed E-state index contributed by atoms with van der Waals surface area (Å²) in [6, 6.07) is 5.68. The molecule has 0 aliphatic rings. The minimum absolute atomic E-state index is 0.362. The fourth-order valence-electron chi connectivity index (χ4n) is 1.44. The highest BCUT2D eigenvalue weighted by molar-refractivity contribution is 14.1. The lowest BCUT2D eigenvalue weighted by atomic mass is 10.2. The summed E-state index contributed by atoms with van der Waals surface area (Å²) in [7, 11) is 0. The third kappa shape index (κ3) is 3.20. The van der Waals surface area contributed by atoms with Gasteiger partial charge in [-0.2, -0.15) is 4.98 Å². The first-order valence-electron chi connectivity index (χ1n) is 5.66. The highest BCUT2D eigenvalue weighted by Crippen LogP contribution is 2.26. The maximum Gasteiger partial charge on any atom is 0.260 e. The summed E-state index contributed by atoms with van der Waals surface area (Å²) in [5.74, 6) is 0.970. The lowest BCUT2D eigenvalue weighted by Crippen LogP contribution is -1.96. The highest BCUT2D eigenvalue weighted by atomic mass is 127. The monoisotopic (exact) mass is 359 g/mol. The third-order valence-electron chi connectivity index (χ3n) is 2.29. The predicted octanol–water partition coefficient (Wildman–Crippen LogP) is 2.85. The highest BCUT2D eigenvalue weighted by Gasteiger charge is 2.12. The van der Waals surface area contributed by atoms with E-state index in [4.69, 9.17) is 15.0 Å². The molecule has 2 aromatic rings. The molecule has 6 heteroatoms. The fraction of sp³-hybridized carbons (Fsp3) is 0.333. The minimum atomic E-state index is 0.362. The van der Waals surface area contributed by atoms with Crippen molar-refractivity contribution in [3.8, 4) is 11.5 Å². The molecule has 0 atom stereocenters. The van der Waals surface area contributed by atoms with Gasteiger partial charge in [-0.05, 0) is 47.2 Å². The smallest absolute Gasteiger partial charge is 0.260 e. The van der Waals surface area contributed by atoms with Crippen molar-refractivity contribution in [2.75, 3.05) is 12.3 Å². The van der Waals surface area contributed by atoms with Crippen molar-refractivity contribution in [3.05, 3.63) is 27.6 Å². The van der Waals surface area contributed by atoms with Crippen LogP contribution in [0.1, 0.15) is 19.2 Å². The third-order valence-corrected chi connectivity index (χ3v) is 2.96. The topological polar surface area (TPSA) is 74.2 Å². The maximum absolute atomic E-state index is 5.89. The summed E-state index contributed by atoms with van der Waals surface area (Å²) >= 11 is 2.21. The second kappa shape index (κ2) is 6.14. The zero-order valence-corrected chi connectivity index (χ0v) is 12.2. The van der Waals surface area contributed by atoms with E-state index in [-0.39, 0.29) is 0 Å². The second-order valence-corrected chi connectivity index (χ2v) is 5.05. The number of benzene rings is 1. The summed E-state index contributed by atoms with van der Waals surface area (Å²) in [5, 5.41) is 3.87. The van der Waals surface area contributed by atoms with Crippen molar-refractivity contribution in [1.29, 1.82) is 0 Å². The summed E-state index contributed by atoms with van der Waals surface area (Å²) in [6.45, 7) is 3.10. The van der Waals surface area contributed by atoms with Crippen LogP contribution >= 0.6 is 22.6 Å². The van der Waals surface area contributed by atoms with Gasteiger partial charge in [0.15, 0.2) is 5.82 Å². The molecule has 2 N–H and O–H groups in total. The molecule has 18 heavy (non-hydrogen) atoms. The zero-order valence-electron chi connectivity index (χ0n) is 10.0. The van der Waals surface area contributed by atoms with Gasteiger partial charge in [-0.3, -0.25) is 0 Å². The molecule has 0 fully saturated rings. The Hall–Kier alpha value is -1.15. The Morgan fingerprint density at radius 1 is 1.44 bits per heavy atom. The standard InChI is InChI=1S/C12H14IN3O2/c1-2-5-17-7-11-15-12(18-16-11)9-6-8(13)3-4-10(9)14/h3-4,6H,2,5,7,14H2,1H3. The normalized spacial score (nSPS) is 10.8. The van der Waals surface area contributed by atoms with Crippen LogP contribution in [0.3, 0.4) is 0 Å². The van der Waals surface area contributed by atoms with Gasteiger partial charge in [0.05, 0.1) is 5.56 Å². The van der Waals surface area contributed by atoms with Crippen molar-refractivity contribution in [2.45, 2.75) is 20.0 Å². The van der Waals surface area contributed by atoms with E-state index >= 15 is 0 Å². The molecule has 0 aliphatic carbocycles. The number of aromatic nitrogens is 2. The van der Waals surface area contributed by atoms with Crippen LogP contribution in [0, 0.1) is 3.57 Å². The molecule has 0 saturated carbocycles. The van der Waals surface area contributed by atoms with E-state index in [9.17, 15) is 0 Å². The van der Waals surface area contributed by atoms with Gasteiger partial charge in [0, 0.05) is 15.9 Å². The molecule has 1 heterocycles. The van der Waals surface area contributed by atoms with Crippen molar-refractivity contribution in [1.82, 2.24) is 10.1 Å². The molecule has 96 valence electrons. The van der Waals surface area contributed by atoms with Gasteiger partial charge < -0.3 is 15.0 Å². The van der Waals surface area contributed by atoms with Crippen LogP contribution in [0.5, 0.6) is 0 Å². The summed E-state index contributed by atoms with van der Waals surface area (Å²) in [4.78, 5) is 4.27. The number of nitrogens with zero attached hydrogens (tertiary/aromatic N) is 2. The van der Waals surface area contributed by atoms with Gasteiger partial charge in [-0.15, -0.1) is 0 Å². The first kappa shape index (κ1) is 13.3. The van der Waals surface area contributed by atoms with Crippen LogP contribution in [0.2, 0.25) is 0 Å². The molecule has 1 aromatic heterocycles. The first-order valence-corrected chi connectivity index (χ1v) is 6.74. The van der Waals surface area contributed by atoms with Gasteiger partial charge in [0.2, 0.25) is 0 Å². The van der Waals surface area contributed by atoms with Gasteiger partial charge >= 0.3 is 0 Å². The van der Waals surface area contributed by atoms with Gasteiger partial charge in [-0.25, -0.2) is 0 Å². The molecule has 0 bridgehead atoms. The minimum Gasteiger partial charge on any atom is -0.398 e. The number of hydrogen-bond donors (Lipinski definition) is 1. The Labute approximate surface area is 119 Å². The fourth-order valence-corrected chi connectivity index (χ4v) is 1.93. The molecular weight excluding hydrogens is 345 g/mol. The molecule has 0 spiro atoms. The molecule has 0 radical (unpaired) electrons. The quantitative estimate of drug-likeness (QED) is 0.505.